The maximum atomic E-state index is 5.64. The van der Waals surface area contributed by atoms with Crippen LogP contribution in [0.1, 0.15) is 45.1 Å². The fourth-order valence-corrected chi connectivity index (χ4v) is 3.75. The minimum atomic E-state index is 0.00871. The second-order valence-electron chi connectivity index (χ2n) is 7.85. The predicted molar refractivity (Wildman–Crippen MR) is 108 cm³/mol. The zero-order valence-electron chi connectivity index (χ0n) is 16.8. The lowest BCUT2D eigenvalue weighted by Crippen LogP contribution is -2.48. The number of hydrogen-bond acceptors (Lipinski definition) is 4. The van der Waals surface area contributed by atoms with Crippen LogP contribution in [0.2, 0.25) is 0 Å². The van der Waals surface area contributed by atoms with Gasteiger partial charge in [-0.3, -0.25) is 4.99 Å². The van der Waals surface area contributed by atoms with Crippen molar-refractivity contribution in [2.45, 2.75) is 44.9 Å². The molecule has 2 aliphatic heterocycles. The molecule has 6 heteroatoms. The molecule has 6 nitrogen and oxygen atoms in total. The fourth-order valence-electron chi connectivity index (χ4n) is 3.75. The summed E-state index contributed by atoms with van der Waals surface area (Å²) in [6, 6.07) is 6.32. The Morgan fingerprint density at radius 2 is 1.93 bits per heavy atom. The van der Waals surface area contributed by atoms with Crippen molar-refractivity contribution in [3.8, 4) is 11.5 Å². The number of guanidine groups is 1. The minimum Gasteiger partial charge on any atom is -0.454 e. The summed E-state index contributed by atoms with van der Waals surface area (Å²) in [4.78, 5) is 4.39. The molecule has 0 bridgehead atoms. The number of hydrogen-bond donors (Lipinski definition) is 2. The van der Waals surface area contributed by atoms with Gasteiger partial charge in [0.15, 0.2) is 17.5 Å². The Balaban J connectivity index is 1.64. The Kier molecular flexibility index (Phi) is 6.83. The van der Waals surface area contributed by atoms with Crippen LogP contribution >= 0.6 is 0 Å². The lowest BCUT2D eigenvalue weighted by Gasteiger charge is -2.38. The van der Waals surface area contributed by atoms with Gasteiger partial charge < -0.3 is 24.8 Å². The summed E-state index contributed by atoms with van der Waals surface area (Å²) in [5, 5.41) is 6.98. The van der Waals surface area contributed by atoms with E-state index in [0.717, 1.165) is 68.9 Å². The van der Waals surface area contributed by atoms with Gasteiger partial charge in [-0.1, -0.05) is 19.9 Å². The second-order valence-corrected chi connectivity index (χ2v) is 7.85. The largest absolute Gasteiger partial charge is 0.454 e. The Hall–Kier alpha value is -1.95. The molecule has 2 N–H and O–H groups in total. The van der Waals surface area contributed by atoms with Gasteiger partial charge >= 0.3 is 0 Å². The van der Waals surface area contributed by atoms with Crippen molar-refractivity contribution >= 4 is 5.96 Å². The first-order valence-electron chi connectivity index (χ1n) is 10.1. The topological polar surface area (TPSA) is 64.1 Å². The van der Waals surface area contributed by atoms with E-state index < -0.39 is 0 Å². The van der Waals surface area contributed by atoms with Crippen LogP contribution < -0.4 is 20.1 Å². The molecular formula is C21H33N3O3. The molecule has 0 spiro atoms. The molecular weight excluding hydrogens is 342 g/mol. The van der Waals surface area contributed by atoms with Crippen molar-refractivity contribution in [2.24, 2.45) is 10.9 Å². The van der Waals surface area contributed by atoms with Crippen LogP contribution in [0.25, 0.3) is 0 Å². The highest BCUT2D eigenvalue weighted by Crippen LogP contribution is 2.40. The summed E-state index contributed by atoms with van der Waals surface area (Å²) in [7, 11) is 1.83. The van der Waals surface area contributed by atoms with Crippen molar-refractivity contribution in [1.29, 1.82) is 0 Å². The molecule has 0 saturated carbocycles. The zero-order chi connectivity index (χ0) is 19.1. The fraction of sp³-hybridized carbons (Fsp3) is 0.667. The van der Waals surface area contributed by atoms with Gasteiger partial charge in [0.25, 0.3) is 0 Å². The van der Waals surface area contributed by atoms with Crippen LogP contribution in [0.4, 0.5) is 0 Å². The summed E-state index contributed by atoms with van der Waals surface area (Å²) in [5.74, 6) is 3.27. The number of fused-ring (bicyclic) bond motifs is 1. The monoisotopic (exact) mass is 375 g/mol. The van der Waals surface area contributed by atoms with Gasteiger partial charge in [-0.15, -0.1) is 0 Å². The average Bonchev–Trinajstić information content (AvgIpc) is 3.16. The third-order valence-electron chi connectivity index (χ3n) is 5.50. The van der Waals surface area contributed by atoms with Crippen LogP contribution in [-0.2, 0) is 10.2 Å². The Morgan fingerprint density at radius 3 is 2.67 bits per heavy atom. The molecule has 0 unspecified atom stereocenters. The standard InChI is InChI=1S/C21H33N3O3/c1-16(2)5-4-10-23-20(22-3)24-14-21(8-11-25-12-9-21)17-6-7-18-19(13-17)27-15-26-18/h6-7,13,16H,4-5,8-12,14-15H2,1-3H3,(H2,22,23,24). The van der Waals surface area contributed by atoms with E-state index in [4.69, 9.17) is 14.2 Å². The number of nitrogens with zero attached hydrogens (tertiary/aromatic N) is 1. The maximum absolute atomic E-state index is 5.64. The van der Waals surface area contributed by atoms with E-state index in [1.54, 1.807) is 0 Å². The molecule has 0 atom stereocenters. The third kappa shape index (κ3) is 5.06. The van der Waals surface area contributed by atoms with E-state index in [1.165, 1.54) is 12.0 Å². The molecule has 1 aromatic carbocycles. The van der Waals surface area contributed by atoms with Gasteiger partial charge in [-0.25, -0.2) is 0 Å². The number of nitrogens with one attached hydrogen (secondary N) is 2. The van der Waals surface area contributed by atoms with Crippen molar-refractivity contribution in [3.63, 3.8) is 0 Å². The quantitative estimate of drug-likeness (QED) is 0.436. The van der Waals surface area contributed by atoms with E-state index in [1.807, 2.05) is 13.1 Å². The molecule has 0 aromatic heterocycles. The highest BCUT2D eigenvalue weighted by atomic mass is 16.7. The van der Waals surface area contributed by atoms with Gasteiger partial charge in [-0.2, -0.15) is 0 Å². The molecule has 150 valence electrons. The molecule has 1 fully saturated rings. The number of ether oxygens (including phenoxy) is 3. The second kappa shape index (κ2) is 9.31. The zero-order valence-corrected chi connectivity index (χ0v) is 16.8. The van der Waals surface area contributed by atoms with Gasteiger partial charge in [0.1, 0.15) is 0 Å². The van der Waals surface area contributed by atoms with Crippen molar-refractivity contribution < 1.29 is 14.2 Å². The number of rotatable bonds is 7. The van der Waals surface area contributed by atoms with Gasteiger partial charge in [-0.05, 0) is 49.3 Å². The van der Waals surface area contributed by atoms with E-state index in [0.29, 0.717) is 6.79 Å². The summed E-state index contributed by atoms with van der Waals surface area (Å²) < 4.78 is 16.7. The van der Waals surface area contributed by atoms with Gasteiger partial charge in [0.05, 0.1) is 0 Å². The molecule has 1 aromatic rings. The first-order valence-corrected chi connectivity index (χ1v) is 10.1. The molecule has 27 heavy (non-hydrogen) atoms. The summed E-state index contributed by atoms with van der Waals surface area (Å²) in [5.41, 5.74) is 1.28. The molecule has 1 saturated heterocycles. The third-order valence-corrected chi connectivity index (χ3v) is 5.50. The van der Waals surface area contributed by atoms with Crippen molar-refractivity contribution in [3.05, 3.63) is 23.8 Å². The van der Waals surface area contributed by atoms with Crippen LogP contribution in [0.5, 0.6) is 11.5 Å². The van der Waals surface area contributed by atoms with Crippen LogP contribution in [0.3, 0.4) is 0 Å². The average molecular weight is 376 g/mol. The van der Waals surface area contributed by atoms with Crippen molar-refractivity contribution in [1.82, 2.24) is 10.6 Å². The highest BCUT2D eigenvalue weighted by Gasteiger charge is 2.35. The van der Waals surface area contributed by atoms with E-state index in [-0.39, 0.29) is 5.41 Å². The summed E-state index contributed by atoms with van der Waals surface area (Å²) in [6.07, 6.45) is 4.33. The SMILES string of the molecule is CN=C(NCCCC(C)C)NCC1(c2ccc3c(c2)OCO3)CCOCC1. The van der Waals surface area contributed by atoms with Gasteiger partial charge in [0, 0.05) is 38.8 Å². The molecule has 2 aliphatic rings. The first kappa shape index (κ1) is 19.8. The Labute approximate surface area is 162 Å². The predicted octanol–water partition coefficient (Wildman–Crippen LogP) is 3.06. The smallest absolute Gasteiger partial charge is 0.231 e. The Morgan fingerprint density at radius 1 is 1.15 bits per heavy atom. The molecule has 0 amide bonds. The highest BCUT2D eigenvalue weighted by molar-refractivity contribution is 5.79. The van der Waals surface area contributed by atoms with Crippen LogP contribution in [-0.4, -0.2) is 46.1 Å². The Bertz CT molecular complexity index is 640. The van der Waals surface area contributed by atoms with Crippen molar-refractivity contribution in [2.75, 3.05) is 40.1 Å². The first-order chi connectivity index (χ1) is 13.1. The molecule has 2 heterocycles. The molecule has 0 aliphatic carbocycles. The number of aliphatic imine (C=N–C) groups is 1. The van der Waals surface area contributed by atoms with E-state index >= 15 is 0 Å². The normalized spacial score (nSPS) is 18.6. The number of benzene rings is 1. The summed E-state index contributed by atoms with van der Waals surface area (Å²) >= 11 is 0. The van der Waals surface area contributed by atoms with Crippen LogP contribution in [0, 0.1) is 5.92 Å². The van der Waals surface area contributed by atoms with Gasteiger partial charge in [0.2, 0.25) is 6.79 Å². The maximum Gasteiger partial charge on any atom is 0.231 e. The minimum absolute atomic E-state index is 0.00871. The lowest BCUT2D eigenvalue weighted by atomic mass is 9.74. The van der Waals surface area contributed by atoms with Crippen LogP contribution in [0.15, 0.2) is 23.2 Å². The molecule has 0 radical (unpaired) electrons. The van der Waals surface area contributed by atoms with E-state index in [2.05, 4.69) is 41.6 Å². The summed E-state index contributed by atoms with van der Waals surface area (Å²) in [6.45, 7) is 8.13. The lowest BCUT2D eigenvalue weighted by molar-refractivity contribution is 0.0513. The van der Waals surface area contributed by atoms with E-state index in [9.17, 15) is 0 Å². The molecule has 3 rings (SSSR count).